The maximum absolute atomic E-state index is 12.6. The standard InChI is InChI=1S/C20H20N4O2/c21-19(25)14-5-6-18(22-11-14)20(26)24-9-7-13(8-10-24)16-12-23-17-4-2-1-3-15(16)17/h1-6,11-13,23H,7-10H2,(H2,21,25). The Morgan fingerprint density at radius 3 is 2.58 bits per heavy atom. The van der Waals surface area contributed by atoms with Crippen LogP contribution in [0, 0.1) is 0 Å². The molecule has 2 amide bonds. The molecule has 26 heavy (non-hydrogen) atoms. The van der Waals surface area contributed by atoms with Gasteiger partial charge in [0.15, 0.2) is 0 Å². The number of amides is 2. The number of nitrogens with two attached hydrogens (primary N) is 1. The first-order valence-corrected chi connectivity index (χ1v) is 8.74. The lowest BCUT2D eigenvalue weighted by atomic mass is 9.89. The molecule has 6 heteroatoms. The second-order valence-electron chi connectivity index (χ2n) is 6.65. The molecule has 2 aromatic heterocycles. The number of nitrogens with one attached hydrogen (secondary N) is 1. The molecule has 1 saturated heterocycles. The Kier molecular flexibility index (Phi) is 4.16. The van der Waals surface area contributed by atoms with Crippen LogP contribution in [0.1, 0.15) is 45.2 Å². The molecule has 0 atom stereocenters. The zero-order valence-corrected chi connectivity index (χ0v) is 14.3. The van der Waals surface area contributed by atoms with Gasteiger partial charge >= 0.3 is 0 Å². The molecule has 3 N–H and O–H groups in total. The van der Waals surface area contributed by atoms with Gasteiger partial charge in [-0.05, 0) is 42.5 Å². The Labute approximate surface area is 151 Å². The molecular formula is C20H20N4O2. The fourth-order valence-corrected chi connectivity index (χ4v) is 3.65. The summed E-state index contributed by atoms with van der Waals surface area (Å²) < 4.78 is 0. The molecule has 132 valence electrons. The number of nitrogens with zero attached hydrogens (tertiary/aromatic N) is 2. The number of pyridine rings is 1. The summed E-state index contributed by atoms with van der Waals surface area (Å²) in [6.45, 7) is 1.39. The van der Waals surface area contributed by atoms with Crippen molar-refractivity contribution in [1.82, 2.24) is 14.9 Å². The molecule has 0 aliphatic carbocycles. The molecule has 0 radical (unpaired) electrons. The van der Waals surface area contributed by atoms with Crippen molar-refractivity contribution < 1.29 is 9.59 Å². The Morgan fingerprint density at radius 2 is 1.88 bits per heavy atom. The molecule has 1 fully saturated rings. The topological polar surface area (TPSA) is 92.1 Å². The van der Waals surface area contributed by atoms with Crippen LogP contribution in [-0.4, -0.2) is 39.8 Å². The highest BCUT2D eigenvalue weighted by Gasteiger charge is 2.26. The van der Waals surface area contributed by atoms with Gasteiger partial charge in [0, 0.05) is 36.4 Å². The van der Waals surface area contributed by atoms with Gasteiger partial charge in [-0.2, -0.15) is 0 Å². The van der Waals surface area contributed by atoms with Crippen LogP contribution in [0.2, 0.25) is 0 Å². The molecule has 1 aromatic carbocycles. The number of benzene rings is 1. The predicted molar refractivity (Wildman–Crippen MR) is 98.9 cm³/mol. The summed E-state index contributed by atoms with van der Waals surface area (Å²) in [6.07, 6.45) is 5.30. The molecule has 1 aliphatic rings. The van der Waals surface area contributed by atoms with Crippen LogP contribution in [0.4, 0.5) is 0 Å². The van der Waals surface area contributed by atoms with Gasteiger partial charge in [-0.3, -0.25) is 14.6 Å². The molecule has 1 aliphatic heterocycles. The van der Waals surface area contributed by atoms with Crippen LogP contribution in [0.3, 0.4) is 0 Å². The number of aromatic amines is 1. The van der Waals surface area contributed by atoms with E-state index in [0.29, 0.717) is 30.3 Å². The monoisotopic (exact) mass is 348 g/mol. The summed E-state index contributed by atoms with van der Waals surface area (Å²) in [5, 5.41) is 1.26. The smallest absolute Gasteiger partial charge is 0.272 e. The number of piperidine rings is 1. The number of hydrogen-bond acceptors (Lipinski definition) is 3. The zero-order valence-electron chi connectivity index (χ0n) is 14.3. The van der Waals surface area contributed by atoms with E-state index in [-0.39, 0.29) is 5.91 Å². The lowest BCUT2D eigenvalue weighted by molar-refractivity contribution is 0.0707. The van der Waals surface area contributed by atoms with E-state index < -0.39 is 5.91 Å². The van der Waals surface area contributed by atoms with Gasteiger partial charge in [-0.15, -0.1) is 0 Å². The minimum atomic E-state index is -0.545. The van der Waals surface area contributed by atoms with Crippen LogP contribution in [0.15, 0.2) is 48.8 Å². The van der Waals surface area contributed by atoms with E-state index in [2.05, 4.69) is 34.4 Å². The number of primary amides is 1. The summed E-state index contributed by atoms with van der Waals surface area (Å²) in [4.78, 5) is 33.0. The van der Waals surface area contributed by atoms with E-state index in [9.17, 15) is 9.59 Å². The zero-order chi connectivity index (χ0) is 18.1. The van der Waals surface area contributed by atoms with Gasteiger partial charge in [0.05, 0.1) is 5.56 Å². The van der Waals surface area contributed by atoms with Crippen LogP contribution in [0.5, 0.6) is 0 Å². The van der Waals surface area contributed by atoms with Crippen LogP contribution in [-0.2, 0) is 0 Å². The lowest BCUT2D eigenvalue weighted by Gasteiger charge is -2.31. The highest BCUT2D eigenvalue weighted by molar-refractivity contribution is 5.95. The normalized spacial score (nSPS) is 15.3. The van der Waals surface area contributed by atoms with Crippen molar-refractivity contribution in [1.29, 1.82) is 0 Å². The maximum Gasteiger partial charge on any atom is 0.272 e. The fourth-order valence-electron chi connectivity index (χ4n) is 3.65. The molecule has 3 heterocycles. The van der Waals surface area contributed by atoms with Gasteiger partial charge in [0.1, 0.15) is 5.69 Å². The van der Waals surface area contributed by atoms with Gasteiger partial charge in [-0.1, -0.05) is 18.2 Å². The van der Waals surface area contributed by atoms with Crippen LogP contribution < -0.4 is 5.73 Å². The number of para-hydroxylation sites is 1. The second-order valence-corrected chi connectivity index (χ2v) is 6.65. The summed E-state index contributed by atoms with van der Waals surface area (Å²) in [5.74, 6) is -0.199. The van der Waals surface area contributed by atoms with Crippen molar-refractivity contribution in [3.8, 4) is 0 Å². The maximum atomic E-state index is 12.6. The first kappa shape index (κ1) is 16.3. The number of carbonyl (C=O) groups is 2. The van der Waals surface area contributed by atoms with Gasteiger partial charge in [0.2, 0.25) is 5.91 Å². The number of fused-ring (bicyclic) bond motifs is 1. The van der Waals surface area contributed by atoms with Gasteiger partial charge in [-0.25, -0.2) is 0 Å². The highest BCUT2D eigenvalue weighted by atomic mass is 16.2. The predicted octanol–water partition coefficient (Wildman–Crippen LogP) is 2.68. The first-order valence-electron chi connectivity index (χ1n) is 8.74. The van der Waals surface area contributed by atoms with E-state index in [1.54, 1.807) is 12.1 Å². The summed E-state index contributed by atoms with van der Waals surface area (Å²) in [6, 6.07) is 11.4. The van der Waals surface area contributed by atoms with Crippen molar-refractivity contribution in [2.75, 3.05) is 13.1 Å². The van der Waals surface area contributed by atoms with Gasteiger partial charge < -0.3 is 15.6 Å². The summed E-state index contributed by atoms with van der Waals surface area (Å²) in [7, 11) is 0. The van der Waals surface area contributed by atoms with Gasteiger partial charge in [0.25, 0.3) is 5.91 Å². The highest BCUT2D eigenvalue weighted by Crippen LogP contribution is 2.33. The Morgan fingerprint density at radius 1 is 1.12 bits per heavy atom. The van der Waals surface area contributed by atoms with Crippen molar-refractivity contribution in [3.63, 3.8) is 0 Å². The quantitative estimate of drug-likeness (QED) is 0.762. The molecule has 0 unspecified atom stereocenters. The molecule has 6 nitrogen and oxygen atoms in total. The Hall–Kier alpha value is -3.15. The van der Waals surface area contributed by atoms with Crippen LogP contribution in [0.25, 0.3) is 10.9 Å². The van der Waals surface area contributed by atoms with E-state index in [0.717, 1.165) is 18.4 Å². The summed E-state index contributed by atoms with van der Waals surface area (Å²) >= 11 is 0. The average Bonchev–Trinajstić information content (AvgIpc) is 3.12. The summed E-state index contributed by atoms with van der Waals surface area (Å²) in [5.41, 5.74) is 8.34. The number of hydrogen-bond donors (Lipinski definition) is 2. The van der Waals surface area contributed by atoms with Crippen molar-refractivity contribution in [3.05, 3.63) is 65.6 Å². The molecular weight excluding hydrogens is 328 g/mol. The molecule has 0 saturated carbocycles. The van der Waals surface area contributed by atoms with Crippen LogP contribution >= 0.6 is 0 Å². The van der Waals surface area contributed by atoms with E-state index in [1.165, 1.54) is 17.1 Å². The van der Waals surface area contributed by atoms with Crippen molar-refractivity contribution >= 4 is 22.7 Å². The van der Waals surface area contributed by atoms with E-state index >= 15 is 0 Å². The Balaban J connectivity index is 1.44. The molecule has 4 rings (SSSR count). The number of aromatic nitrogens is 2. The second kappa shape index (κ2) is 6.63. The van der Waals surface area contributed by atoms with E-state index in [4.69, 9.17) is 5.73 Å². The third-order valence-electron chi connectivity index (χ3n) is 5.11. The minimum Gasteiger partial charge on any atom is -0.366 e. The third kappa shape index (κ3) is 2.94. The molecule has 0 spiro atoms. The van der Waals surface area contributed by atoms with E-state index in [1.807, 2.05) is 11.0 Å². The average molecular weight is 348 g/mol. The largest absolute Gasteiger partial charge is 0.366 e. The molecule has 3 aromatic rings. The fraction of sp³-hybridized carbons (Fsp3) is 0.250. The third-order valence-corrected chi connectivity index (χ3v) is 5.11. The number of likely N-dealkylation sites (tertiary alicyclic amines) is 1. The van der Waals surface area contributed by atoms with Crippen molar-refractivity contribution in [2.45, 2.75) is 18.8 Å². The first-order chi connectivity index (χ1) is 12.6. The van der Waals surface area contributed by atoms with Crippen molar-refractivity contribution in [2.24, 2.45) is 5.73 Å². The number of carbonyl (C=O) groups excluding carboxylic acids is 2. The number of rotatable bonds is 3. The molecule has 0 bridgehead atoms. The lowest BCUT2D eigenvalue weighted by Crippen LogP contribution is -2.38. The minimum absolute atomic E-state index is 0.0987. The Bertz CT molecular complexity index is 953. The SMILES string of the molecule is NC(=O)c1ccc(C(=O)N2CCC(c3c[nH]c4ccccc34)CC2)nc1. The number of H-pyrrole nitrogens is 1.